The van der Waals surface area contributed by atoms with E-state index in [2.05, 4.69) is 31.5 Å². The van der Waals surface area contributed by atoms with E-state index in [4.69, 9.17) is 0 Å². The molecule has 0 aromatic carbocycles. The number of H-pyrrole nitrogens is 1. The van der Waals surface area contributed by atoms with E-state index in [1.54, 1.807) is 17.0 Å². The molecule has 0 aliphatic carbocycles. The Kier molecular flexibility index (Phi) is 3.45. The van der Waals surface area contributed by atoms with Crippen LogP contribution in [0, 0.1) is 0 Å². The van der Waals surface area contributed by atoms with Crippen LogP contribution in [0.3, 0.4) is 0 Å². The predicted octanol–water partition coefficient (Wildman–Crippen LogP) is 1.95. The molecule has 7 nitrogen and oxygen atoms in total. The number of aromatic nitrogens is 5. The van der Waals surface area contributed by atoms with Crippen molar-refractivity contribution in [2.24, 2.45) is 0 Å². The predicted molar refractivity (Wildman–Crippen MR) is 90.5 cm³/mol. The fraction of sp³-hybridized carbons (Fsp3) is 0.176. The van der Waals surface area contributed by atoms with Gasteiger partial charge in [0, 0.05) is 48.9 Å². The highest BCUT2D eigenvalue weighted by Crippen LogP contribution is 2.30. The lowest BCUT2D eigenvalue weighted by atomic mass is 10.1. The molecule has 0 saturated heterocycles. The lowest BCUT2D eigenvalue weighted by Crippen LogP contribution is -2.22. The quantitative estimate of drug-likeness (QED) is 0.601. The molecule has 0 fully saturated rings. The largest absolute Gasteiger partial charge is 0.356 e. The van der Waals surface area contributed by atoms with E-state index in [9.17, 15) is 4.79 Å². The summed E-state index contributed by atoms with van der Waals surface area (Å²) < 4.78 is 1.62. The number of carbonyl (C=O) groups excluding carboxylic acids is 1. The van der Waals surface area contributed by atoms with Crippen LogP contribution in [-0.2, 0) is 11.2 Å². The molecular weight excluding hydrogens is 304 g/mol. The molecule has 0 aliphatic heterocycles. The summed E-state index contributed by atoms with van der Waals surface area (Å²) in [5.74, 6) is -0.0243. The number of rotatable bonds is 4. The van der Waals surface area contributed by atoms with Gasteiger partial charge in [-0.15, -0.1) is 0 Å². The molecule has 0 radical (unpaired) electrons. The summed E-state index contributed by atoms with van der Waals surface area (Å²) in [5.41, 5.74) is 4.89. The van der Waals surface area contributed by atoms with Gasteiger partial charge in [-0.05, 0) is 29.8 Å². The summed E-state index contributed by atoms with van der Waals surface area (Å²) >= 11 is 0. The van der Waals surface area contributed by atoms with Crippen LogP contribution >= 0.6 is 0 Å². The Balaban J connectivity index is 1.76. The first-order valence-corrected chi connectivity index (χ1v) is 7.73. The second-order valence-corrected chi connectivity index (χ2v) is 5.60. The van der Waals surface area contributed by atoms with Gasteiger partial charge in [0.1, 0.15) is 5.65 Å². The number of amides is 1. The van der Waals surface area contributed by atoms with E-state index >= 15 is 0 Å². The number of pyridine rings is 1. The average Bonchev–Trinajstić information content (AvgIpc) is 3.17. The van der Waals surface area contributed by atoms with Crippen LogP contribution in [0.25, 0.3) is 27.7 Å². The average molecular weight is 320 g/mol. The summed E-state index contributed by atoms with van der Waals surface area (Å²) in [5, 5.41) is 12.4. The van der Waals surface area contributed by atoms with Crippen molar-refractivity contribution >= 4 is 22.5 Å². The normalized spacial score (nSPS) is 11.2. The molecule has 2 N–H and O–H groups in total. The third-order valence-electron chi connectivity index (χ3n) is 3.95. The van der Waals surface area contributed by atoms with E-state index in [-0.39, 0.29) is 5.91 Å². The highest BCUT2D eigenvalue weighted by molar-refractivity contribution is 5.97. The monoisotopic (exact) mass is 320 g/mol. The molecule has 0 spiro atoms. The molecule has 0 aliphatic rings. The smallest absolute Gasteiger partial charge is 0.216 e. The van der Waals surface area contributed by atoms with E-state index in [1.807, 2.05) is 24.4 Å². The minimum Gasteiger partial charge on any atom is -0.356 e. The van der Waals surface area contributed by atoms with Crippen molar-refractivity contribution in [1.29, 1.82) is 0 Å². The molecule has 0 saturated carbocycles. The van der Waals surface area contributed by atoms with Gasteiger partial charge in [-0.3, -0.25) is 4.79 Å². The maximum Gasteiger partial charge on any atom is 0.216 e. The van der Waals surface area contributed by atoms with Crippen molar-refractivity contribution < 1.29 is 4.79 Å². The Bertz CT molecular complexity index is 1030. The molecule has 0 atom stereocenters. The van der Waals surface area contributed by atoms with Gasteiger partial charge >= 0.3 is 0 Å². The van der Waals surface area contributed by atoms with E-state index in [1.165, 1.54) is 6.92 Å². The Morgan fingerprint density at radius 3 is 3.04 bits per heavy atom. The molecule has 4 heterocycles. The number of fused-ring (bicyclic) bond motifs is 2. The molecule has 0 unspecified atom stereocenters. The third-order valence-corrected chi connectivity index (χ3v) is 3.95. The van der Waals surface area contributed by atoms with Gasteiger partial charge in [-0.25, -0.2) is 4.98 Å². The van der Waals surface area contributed by atoms with Gasteiger partial charge in [0.25, 0.3) is 0 Å². The minimum absolute atomic E-state index is 0.0243. The van der Waals surface area contributed by atoms with Crippen molar-refractivity contribution in [3.05, 3.63) is 48.5 Å². The summed E-state index contributed by atoms with van der Waals surface area (Å²) in [6.45, 7) is 2.11. The van der Waals surface area contributed by atoms with Crippen LogP contribution < -0.4 is 5.32 Å². The fourth-order valence-corrected chi connectivity index (χ4v) is 2.86. The number of nitrogens with zero attached hydrogens (tertiary/aromatic N) is 4. The van der Waals surface area contributed by atoms with Crippen LogP contribution in [0.2, 0.25) is 0 Å². The van der Waals surface area contributed by atoms with Crippen LogP contribution in [0.4, 0.5) is 0 Å². The molecule has 1 amide bonds. The standard InChI is InChI=1S/C17H16N6O/c1-11(24)18-7-4-12-9-14-13(5-8-19-17(14)22-12)15-10-21-23-16(15)3-2-6-20-23/h2-3,5-6,8-10H,4,7H2,1H3,(H,18,24)(H,19,22). The summed E-state index contributed by atoms with van der Waals surface area (Å²) in [4.78, 5) is 18.7. The molecule has 7 heteroatoms. The highest BCUT2D eigenvalue weighted by atomic mass is 16.1. The van der Waals surface area contributed by atoms with Crippen LogP contribution in [-0.4, -0.2) is 37.2 Å². The van der Waals surface area contributed by atoms with Gasteiger partial charge in [-0.1, -0.05) is 0 Å². The third kappa shape index (κ3) is 2.50. The van der Waals surface area contributed by atoms with Gasteiger partial charge in [-0.2, -0.15) is 14.8 Å². The zero-order valence-electron chi connectivity index (χ0n) is 13.2. The van der Waals surface area contributed by atoms with Crippen molar-refractivity contribution in [2.75, 3.05) is 6.54 Å². The Morgan fingerprint density at radius 2 is 2.17 bits per heavy atom. The SMILES string of the molecule is CC(=O)NCCc1cc2c(-c3cnn4ncccc34)ccnc2[nH]1. The van der Waals surface area contributed by atoms with Crippen LogP contribution in [0.1, 0.15) is 12.6 Å². The molecule has 120 valence electrons. The lowest BCUT2D eigenvalue weighted by Gasteiger charge is -2.00. The molecule has 4 aromatic heterocycles. The van der Waals surface area contributed by atoms with Gasteiger partial charge in [0.2, 0.25) is 5.91 Å². The maximum atomic E-state index is 11.0. The molecule has 24 heavy (non-hydrogen) atoms. The second-order valence-electron chi connectivity index (χ2n) is 5.60. The van der Waals surface area contributed by atoms with E-state index in [0.29, 0.717) is 6.54 Å². The van der Waals surface area contributed by atoms with Gasteiger partial charge < -0.3 is 10.3 Å². The zero-order chi connectivity index (χ0) is 16.5. The van der Waals surface area contributed by atoms with Crippen molar-refractivity contribution in [3.8, 4) is 11.1 Å². The molecule has 4 rings (SSSR count). The molecular formula is C17H16N6O. The first-order chi connectivity index (χ1) is 11.7. The number of nitrogens with one attached hydrogen (secondary N) is 2. The van der Waals surface area contributed by atoms with Crippen molar-refractivity contribution in [2.45, 2.75) is 13.3 Å². The maximum absolute atomic E-state index is 11.0. The summed E-state index contributed by atoms with van der Waals surface area (Å²) in [6, 6.07) is 7.96. The number of carbonyl (C=O) groups is 1. The lowest BCUT2D eigenvalue weighted by molar-refractivity contribution is -0.118. The van der Waals surface area contributed by atoms with Gasteiger partial charge in [0.05, 0.1) is 11.7 Å². The second kappa shape index (κ2) is 5.77. The zero-order valence-corrected chi connectivity index (χ0v) is 13.2. The van der Waals surface area contributed by atoms with Crippen molar-refractivity contribution in [3.63, 3.8) is 0 Å². The molecule has 4 aromatic rings. The first kappa shape index (κ1) is 14.4. The Morgan fingerprint density at radius 1 is 1.25 bits per heavy atom. The van der Waals surface area contributed by atoms with E-state index in [0.717, 1.165) is 39.8 Å². The summed E-state index contributed by atoms with van der Waals surface area (Å²) in [7, 11) is 0. The number of hydrogen-bond donors (Lipinski definition) is 2. The summed E-state index contributed by atoms with van der Waals surface area (Å²) in [6.07, 6.45) is 6.04. The molecule has 0 bridgehead atoms. The Labute approximate surface area is 137 Å². The number of aromatic amines is 1. The van der Waals surface area contributed by atoms with Crippen LogP contribution in [0.5, 0.6) is 0 Å². The first-order valence-electron chi connectivity index (χ1n) is 7.73. The van der Waals surface area contributed by atoms with Gasteiger partial charge in [0.15, 0.2) is 0 Å². The fourth-order valence-electron chi connectivity index (χ4n) is 2.86. The Hall–Kier alpha value is -3.22. The number of hydrogen-bond acceptors (Lipinski definition) is 4. The topological polar surface area (TPSA) is 88.0 Å². The van der Waals surface area contributed by atoms with E-state index < -0.39 is 0 Å². The minimum atomic E-state index is -0.0243. The van der Waals surface area contributed by atoms with Crippen molar-refractivity contribution in [1.82, 2.24) is 30.1 Å². The highest BCUT2D eigenvalue weighted by Gasteiger charge is 2.12. The van der Waals surface area contributed by atoms with Crippen LogP contribution in [0.15, 0.2) is 42.9 Å².